The third kappa shape index (κ3) is 4.09. The molecule has 1 aliphatic rings. The summed E-state index contributed by atoms with van der Waals surface area (Å²) >= 11 is 15.0. The number of pyridine rings is 1. The topological polar surface area (TPSA) is 115 Å². The summed E-state index contributed by atoms with van der Waals surface area (Å²) in [6, 6.07) is 8.45. The van der Waals surface area contributed by atoms with Gasteiger partial charge in [0, 0.05) is 24.0 Å². The van der Waals surface area contributed by atoms with Crippen LogP contribution in [0.15, 0.2) is 50.6 Å². The molecule has 0 spiro atoms. The Morgan fingerprint density at radius 2 is 1.85 bits per heavy atom. The van der Waals surface area contributed by atoms with E-state index in [-0.39, 0.29) is 27.5 Å². The highest BCUT2D eigenvalue weighted by atomic mass is 35.5. The maximum absolute atomic E-state index is 12.7. The van der Waals surface area contributed by atoms with Crippen LogP contribution in [0, 0.1) is 0 Å². The lowest BCUT2D eigenvalue weighted by Crippen LogP contribution is -2.26. The van der Waals surface area contributed by atoms with E-state index in [4.69, 9.17) is 23.2 Å². The van der Waals surface area contributed by atoms with Crippen LogP contribution in [0.5, 0.6) is 0 Å². The molecule has 0 radical (unpaired) electrons. The number of aromatic nitrogens is 4. The van der Waals surface area contributed by atoms with Crippen molar-refractivity contribution in [1.29, 1.82) is 0 Å². The number of nitrogens with one attached hydrogen (secondary N) is 2. The molecule has 5 rings (SSSR count). The van der Waals surface area contributed by atoms with Crippen LogP contribution >= 0.6 is 35.0 Å². The number of benzene rings is 1. The van der Waals surface area contributed by atoms with Crippen LogP contribution in [0.2, 0.25) is 10.0 Å². The molecule has 2 N–H and O–H groups in total. The molecule has 1 aromatic carbocycles. The summed E-state index contributed by atoms with van der Waals surface area (Å²) < 4.78 is 8.03. The van der Waals surface area contributed by atoms with Crippen LogP contribution in [0.3, 0.4) is 0 Å². The molecule has 12 heteroatoms. The number of carbonyl (C=O) groups excluding carboxylic acids is 1. The summed E-state index contributed by atoms with van der Waals surface area (Å²) in [5.74, 6) is 0.271. The first-order valence-corrected chi connectivity index (χ1v) is 12.0. The fraction of sp³-hybridized carbons (Fsp3) is 0.238. The van der Waals surface area contributed by atoms with Gasteiger partial charge in [-0.3, -0.25) is 19.1 Å². The molecule has 4 heterocycles. The van der Waals surface area contributed by atoms with Crippen LogP contribution < -0.4 is 16.6 Å². The number of hydrogen-bond donors (Lipinski definition) is 2. The van der Waals surface area contributed by atoms with Gasteiger partial charge in [-0.25, -0.2) is 4.79 Å². The normalized spacial score (nSPS) is 14.6. The molecule has 0 bridgehead atoms. The van der Waals surface area contributed by atoms with Crippen molar-refractivity contribution in [3.05, 3.63) is 73.3 Å². The zero-order chi connectivity index (χ0) is 23.1. The second-order valence-electron chi connectivity index (χ2n) is 7.53. The highest BCUT2D eigenvalue weighted by molar-refractivity contribution is 7.99. The van der Waals surface area contributed by atoms with Gasteiger partial charge in [0.25, 0.3) is 11.5 Å². The summed E-state index contributed by atoms with van der Waals surface area (Å²) in [7, 11) is 0. The van der Waals surface area contributed by atoms with Gasteiger partial charge in [-0.15, -0.1) is 0 Å². The Morgan fingerprint density at radius 1 is 1.12 bits per heavy atom. The van der Waals surface area contributed by atoms with E-state index >= 15 is 0 Å². The Morgan fingerprint density at radius 3 is 2.52 bits per heavy atom. The molecule has 170 valence electrons. The number of fused-ring (bicyclic) bond motifs is 1. The molecule has 0 saturated carbocycles. The van der Waals surface area contributed by atoms with Gasteiger partial charge in [-0.05, 0) is 53.8 Å². The quantitative estimate of drug-likeness (QED) is 0.431. The number of thioether (sulfide) groups is 1. The van der Waals surface area contributed by atoms with E-state index < -0.39 is 11.7 Å². The Bertz CT molecular complexity index is 1460. The van der Waals surface area contributed by atoms with E-state index in [1.807, 2.05) is 33.2 Å². The average molecular weight is 506 g/mol. The van der Waals surface area contributed by atoms with Crippen molar-refractivity contribution in [2.45, 2.75) is 18.9 Å². The minimum atomic E-state index is -0.837. The maximum atomic E-state index is 12.7. The number of halogens is 2. The number of rotatable bonds is 4. The Labute approximate surface area is 200 Å². The molecule has 1 saturated heterocycles. The zero-order valence-electron chi connectivity index (χ0n) is 17.0. The Kier molecular flexibility index (Phi) is 5.81. The lowest BCUT2D eigenvalue weighted by molar-refractivity contribution is 0.101. The number of nitrogens with zero attached hydrogens (tertiary/aromatic N) is 3. The lowest BCUT2D eigenvalue weighted by atomic mass is 10.1. The molecular formula is C21H17Cl2N5O4S. The summed E-state index contributed by atoms with van der Waals surface area (Å²) in [6.45, 7) is 0. The monoisotopic (exact) mass is 505 g/mol. The van der Waals surface area contributed by atoms with Crippen molar-refractivity contribution in [3.8, 4) is 5.69 Å². The fourth-order valence-corrected chi connectivity index (χ4v) is 5.80. The fourth-order valence-electron chi connectivity index (χ4n) is 4.05. The first kappa shape index (κ1) is 21.9. The Balaban J connectivity index is 1.53. The molecule has 0 atom stereocenters. The second-order valence-corrected chi connectivity index (χ2v) is 9.57. The van der Waals surface area contributed by atoms with E-state index in [0.717, 1.165) is 35.4 Å². The minimum Gasteiger partial charge on any atom is -0.319 e. The molecule has 0 unspecified atom stereocenters. The molecule has 9 nitrogen and oxygen atoms in total. The molecular weight excluding hydrogens is 489 g/mol. The van der Waals surface area contributed by atoms with Crippen molar-refractivity contribution in [2.75, 3.05) is 16.8 Å². The third-order valence-electron chi connectivity index (χ3n) is 5.51. The lowest BCUT2D eigenvalue weighted by Gasteiger charge is -2.24. The van der Waals surface area contributed by atoms with E-state index in [9.17, 15) is 14.4 Å². The zero-order valence-corrected chi connectivity index (χ0v) is 19.3. The van der Waals surface area contributed by atoms with Crippen molar-refractivity contribution < 1.29 is 9.32 Å². The molecule has 4 aromatic rings. The summed E-state index contributed by atoms with van der Waals surface area (Å²) in [5, 5.41) is 6.49. The molecule has 1 fully saturated rings. The van der Waals surface area contributed by atoms with Gasteiger partial charge in [0.1, 0.15) is 0 Å². The number of H-pyrrole nitrogens is 1. The molecule has 33 heavy (non-hydrogen) atoms. The predicted molar refractivity (Wildman–Crippen MR) is 128 cm³/mol. The highest BCUT2D eigenvalue weighted by Gasteiger charge is 2.21. The van der Waals surface area contributed by atoms with Gasteiger partial charge >= 0.3 is 5.76 Å². The molecule has 0 aliphatic carbocycles. The van der Waals surface area contributed by atoms with Crippen LogP contribution in [0.25, 0.3) is 16.7 Å². The first-order chi connectivity index (χ1) is 15.9. The third-order valence-corrected chi connectivity index (χ3v) is 7.14. The summed E-state index contributed by atoms with van der Waals surface area (Å²) in [5.41, 5.74) is 2.42. The van der Waals surface area contributed by atoms with Crippen molar-refractivity contribution in [3.63, 3.8) is 0 Å². The van der Waals surface area contributed by atoms with E-state index in [2.05, 4.69) is 20.0 Å². The van der Waals surface area contributed by atoms with Gasteiger partial charge in [0.05, 0.1) is 26.8 Å². The number of amides is 1. The predicted octanol–water partition coefficient (Wildman–Crippen LogP) is 4.10. The van der Waals surface area contributed by atoms with Crippen LogP contribution in [-0.2, 0) is 0 Å². The largest absolute Gasteiger partial charge is 0.439 e. The van der Waals surface area contributed by atoms with Gasteiger partial charge in [0.15, 0.2) is 0 Å². The van der Waals surface area contributed by atoms with Gasteiger partial charge in [0.2, 0.25) is 5.82 Å². The minimum absolute atomic E-state index is 0.0294. The highest BCUT2D eigenvalue weighted by Crippen LogP contribution is 2.36. The number of carbonyl (C=O) groups is 1. The summed E-state index contributed by atoms with van der Waals surface area (Å²) in [6.07, 6.45) is 3.72. The Hall–Kier alpha value is -2.95. The number of aromatic amines is 1. The van der Waals surface area contributed by atoms with Gasteiger partial charge in [-0.2, -0.15) is 11.8 Å². The van der Waals surface area contributed by atoms with Gasteiger partial charge in [-0.1, -0.05) is 23.2 Å². The average Bonchev–Trinajstić information content (AvgIpc) is 3.40. The van der Waals surface area contributed by atoms with Crippen LogP contribution in [-0.4, -0.2) is 36.7 Å². The van der Waals surface area contributed by atoms with E-state index in [0.29, 0.717) is 11.4 Å². The standard InChI is InChI=1S/C21H17Cl2N5O4S/c22-13-9-11(24-20(30)19-25-21(31)32-26-19)10-14(23)18(13)27-6-3-16-15(27)1-2-17(29)28(16)12-4-7-33-8-5-12/h1-3,6,9-10,12H,4-5,7-8H2,(H,24,30)(H,25,26,31). The number of hydrogen-bond acceptors (Lipinski definition) is 6. The molecule has 1 amide bonds. The van der Waals surface area contributed by atoms with Crippen LogP contribution in [0.1, 0.15) is 29.5 Å². The van der Waals surface area contributed by atoms with Crippen molar-refractivity contribution in [1.82, 2.24) is 19.3 Å². The van der Waals surface area contributed by atoms with Crippen LogP contribution in [0.4, 0.5) is 5.69 Å². The molecule has 3 aromatic heterocycles. The maximum Gasteiger partial charge on any atom is 0.439 e. The second kappa shape index (κ2) is 8.77. The van der Waals surface area contributed by atoms with Crippen molar-refractivity contribution in [2.24, 2.45) is 0 Å². The van der Waals surface area contributed by atoms with Crippen molar-refractivity contribution >= 4 is 57.6 Å². The van der Waals surface area contributed by atoms with E-state index in [1.165, 1.54) is 0 Å². The molecule has 1 aliphatic heterocycles. The van der Waals surface area contributed by atoms with Gasteiger partial charge < -0.3 is 14.5 Å². The smallest absolute Gasteiger partial charge is 0.319 e. The summed E-state index contributed by atoms with van der Waals surface area (Å²) in [4.78, 5) is 38.2. The first-order valence-electron chi connectivity index (χ1n) is 10.1. The van der Waals surface area contributed by atoms with E-state index in [1.54, 1.807) is 24.3 Å². The SMILES string of the molecule is O=C(Nc1cc(Cl)c(-n2ccc3c2ccc(=O)n3C2CCSCC2)c(Cl)c1)c1noc(=O)[nH]1. The number of anilines is 1.